The van der Waals surface area contributed by atoms with Crippen LogP contribution in [-0.2, 0) is 6.42 Å². The Morgan fingerprint density at radius 3 is 1.13 bits per heavy atom. The van der Waals surface area contributed by atoms with Gasteiger partial charge in [0.2, 0.25) is 5.91 Å². The molecule has 11 rings (SSSR count). The summed E-state index contributed by atoms with van der Waals surface area (Å²) in [5, 5.41) is 2.47. The van der Waals surface area contributed by atoms with Crippen LogP contribution in [0.2, 0.25) is 15.1 Å². The molecule has 4 aromatic carbocycles. The summed E-state index contributed by atoms with van der Waals surface area (Å²) < 4.78 is 63.2. The number of aryl methyl sites for hydroxylation is 4. The van der Waals surface area contributed by atoms with Crippen LogP contribution in [0, 0.1) is 34.3 Å². The molecule has 0 unspecified atom stereocenters. The van der Waals surface area contributed by atoms with Crippen LogP contribution >= 0.6 is 86.1 Å². The number of hydrogen-bond donors (Lipinski definition) is 1. The van der Waals surface area contributed by atoms with Crippen LogP contribution < -0.4 is 5.73 Å². The molecule has 0 aliphatic carbocycles. The molecule has 0 saturated heterocycles. The summed E-state index contributed by atoms with van der Waals surface area (Å²) in [6, 6.07) is 51.5. The zero-order chi connectivity index (χ0) is 73.5. The van der Waals surface area contributed by atoms with Gasteiger partial charge >= 0.3 is 33.0 Å². The number of Topliss-reactive ketones (excluding diaryl/α,β-unsaturated/α-hetero) is 1. The van der Waals surface area contributed by atoms with Gasteiger partial charge in [0.05, 0.1) is 38.7 Å². The van der Waals surface area contributed by atoms with E-state index in [1.165, 1.54) is 0 Å². The molecule has 0 spiro atoms. The third-order valence-corrected chi connectivity index (χ3v) is 15.2. The van der Waals surface area contributed by atoms with Crippen LogP contribution in [0.5, 0.6) is 0 Å². The minimum absolute atomic E-state index is 0. The molecule has 537 valence electrons. The van der Waals surface area contributed by atoms with Gasteiger partial charge in [-0.3, -0.25) is 44.5 Å². The first-order valence-corrected chi connectivity index (χ1v) is 34.8. The Bertz CT molecular complexity index is 4700. The second-order valence-electron chi connectivity index (χ2n) is 22.3. The maximum absolute atomic E-state index is 12.0. The van der Waals surface area contributed by atoms with Gasteiger partial charge in [-0.25, -0.2) is 9.42 Å². The first-order chi connectivity index (χ1) is 47.0. The standard InChI is InChI=1S/C18H14ClN3O.C18H12ClN3.C17H12BrClN2.C14H12BrNO.C7H14ClN2.2CH4.B.F6P.H2/c1-11-2-3-14(9-21-11)17-16(8-15(19)10-22-17)12-4-6-13(7-5-12)18(20)23;1-12-3-4-14(10-21-12)18-17(9-15(19)11-22-18)13-5-7-16(20-2)8-6-13;1-11-2-3-13(9-20-11)17-16(8-15(19)10-21-17)12-4-6-14(18)7-5-12;1-10-2-5-12(9-16-10)14(17)8-11-3-6-13(15)7-4-11;1-9(2)5-7(8)6-10(3)4;;;;1-7(2,3,4,5)6;/h2-10H,1H3,(H2,20,23);3-11H,1H3;2-10H,1H3;2-7,9H,8H2,1H3;5-6H,1-4H3;2*1H4;;;1H/q;;;;+1;;;;-1;/i;;;;;;;;;1+1. The van der Waals surface area contributed by atoms with Crippen molar-refractivity contribution in [3.8, 4) is 67.2 Å². The van der Waals surface area contributed by atoms with E-state index in [-0.39, 0.29) is 30.5 Å². The van der Waals surface area contributed by atoms with E-state index in [4.69, 9.17) is 58.7 Å². The minimum Gasteiger partial charge on any atom is -0.261 e. The predicted molar refractivity (Wildman–Crippen MR) is 422 cm³/mol. The second-order valence-corrected chi connectivity index (χ2v) is 27.8. The molecule has 3 radical (unpaired) electrons. The van der Waals surface area contributed by atoms with Gasteiger partial charge in [0.1, 0.15) is 19.1 Å². The fraction of sp³-hybridized carbons (Fsp3) is 0.145. The third kappa shape index (κ3) is 31.6. The first kappa shape index (κ1) is 88.2. The number of benzene rings is 4. The fourth-order valence-corrected chi connectivity index (χ4v) is 10.1. The number of halogens is 12. The number of carbonyl (C=O) groups is 2. The Morgan fingerprint density at radius 1 is 0.515 bits per heavy atom. The van der Waals surface area contributed by atoms with Gasteiger partial charge in [-0.1, -0.05) is 154 Å². The molecule has 13 nitrogen and oxygen atoms in total. The molecule has 0 aliphatic heterocycles. The van der Waals surface area contributed by atoms with Gasteiger partial charge in [0, 0.05) is 156 Å². The number of aromatic nitrogens is 7. The summed E-state index contributed by atoms with van der Waals surface area (Å²) in [6.45, 7) is 14.8. The largest absolute Gasteiger partial charge is 0.261 e. The Balaban J connectivity index is 0.000000435. The van der Waals surface area contributed by atoms with Crippen molar-refractivity contribution in [2.45, 2.75) is 49.0 Å². The van der Waals surface area contributed by atoms with E-state index < -0.39 is 13.7 Å². The number of nitrogens with zero attached hydrogens (tertiary/aromatic N) is 10. The molecule has 2 N–H and O–H groups in total. The van der Waals surface area contributed by atoms with Crippen molar-refractivity contribution in [3.05, 3.63) is 293 Å². The number of allylic oxidation sites excluding steroid dienone is 1. The summed E-state index contributed by atoms with van der Waals surface area (Å²) in [6.07, 6.45) is 16.1. The quantitative estimate of drug-likeness (QED) is 0.0237. The molecule has 7 heterocycles. The van der Waals surface area contributed by atoms with E-state index >= 15 is 0 Å². The van der Waals surface area contributed by atoms with Crippen LogP contribution in [0.1, 0.15) is 65.3 Å². The van der Waals surface area contributed by atoms with Crippen molar-refractivity contribution in [1.29, 1.82) is 0 Å². The van der Waals surface area contributed by atoms with E-state index in [1.807, 2.05) is 230 Å². The number of ketones is 1. The molecule has 1 amide bonds. The number of pyridine rings is 7. The Morgan fingerprint density at radius 2 is 0.825 bits per heavy atom. The van der Waals surface area contributed by atoms with E-state index in [1.54, 1.807) is 55.2 Å². The van der Waals surface area contributed by atoms with E-state index in [9.17, 15) is 34.8 Å². The first-order valence-electron chi connectivity index (χ1n) is 29.7. The van der Waals surface area contributed by atoms with Crippen molar-refractivity contribution < 1.29 is 40.8 Å². The zero-order valence-corrected chi connectivity index (χ0v) is 62.5. The number of amides is 1. The molecule has 7 aromatic heterocycles. The van der Waals surface area contributed by atoms with E-state index in [0.717, 1.165) is 109 Å². The van der Waals surface area contributed by atoms with E-state index in [0.29, 0.717) is 38.3 Å². The Kier molecular flexibility index (Phi) is 33.9. The summed E-state index contributed by atoms with van der Waals surface area (Å²) in [5.74, 6) is -0.358. The molecule has 0 fully saturated rings. The summed E-state index contributed by atoms with van der Waals surface area (Å²) in [7, 11) is -2.91. The topological polar surface area (TPSA) is 161 Å². The van der Waals surface area contributed by atoms with Gasteiger partial charge in [0.15, 0.2) is 17.7 Å². The molecule has 103 heavy (non-hydrogen) atoms. The Hall–Kier alpha value is -9.04. The molecule has 27 heteroatoms. The average molecular weight is 1630 g/mol. The molecule has 0 bridgehead atoms. The molecule has 0 aliphatic rings. The smallest absolute Gasteiger partial charge is 0.187 e. The number of carbonyl (C=O) groups excluding carboxylic acids is 2. The van der Waals surface area contributed by atoms with Crippen molar-refractivity contribution in [2.24, 2.45) is 5.73 Å². The summed E-state index contributed by atoms with van der Waals surface area (Å²) in [5.41, 5.74) is 22.9. The molecule has 0 saturated carbocycles. The minimum atomic E-state index is -10.7. The molecular weight excluding hydrogens is 1560 g/mol. The summed E-state index contributed by atoms with van der Waals surface area (Å²) >= 11 is 31.0. The van der Waals surface area contributed by atoms with Gasteiger partial charge in [-0.2, -0.15) is 0 Å². The van der Waals surface area contributed by atoms with Gasteiger partial charge in [-0.15, -0.1) is 0 Å². The van der Waals surface area contributed by atoms with Crippen LogP contribution in [0.25, 0.3) is 72.0 Å². The molecule has 11 aromatic rings. The SMILES string of the molecule is C.C.CN(C)/C=C(\Cl)C=[N+](C)C.Cc1ccc(-c2ncc(Cl)cc2-c2ccc(Br)cc2)cn1.Cc1ccc(-c2ncc(Cl)cc2-c2ccc(C(N)=O)cc2)cn1.Cc1ccc(C(=O)Cc2ccc(Br)cc2)cn1.F[P-](F)(F)(F)(F)F.[2HH].[B].[C-]#[N+]c1ccc(-c2cc(Cl)cnc2-c2ccc(C)nc2)cc1. The zero-order valence-electron chi connectivity index (χ0n) is 55.4. The maximum Gasteiger partial charge on any atom is 0.187 e. The van der Waals surface area contributed by atoms with Crippen molar-refractivity contribution in [2.75, 3.05) is 28.2 Å². The predicted octanol–water partition coefficient (Wildman–Crippen LogP) is 23.8. The van der Waals surface area contributed by atoms with Crippen LogP contribution in [0.4, 0.5) is 30.9 Å². The normalized spacial score (nSPS) is 11.0. The fourth-order valence-electron chi connectivity index (χ4n) is 8.70. The number of primary amides is 1. The number of rotatable bonds is 12. The van der Waals surface area contributed by atoms with Gasteiger partial charge in [-0.05, 0) is 153 Å². The average Bonchev–Trinajstić information content (AvgIpc) is 0.799. The van der Waals surface area contributed by atoms with E-state index in [2.05, 4.69) is 71.6 Å². The van der Waals surface area contributed by atoms with Crippen molar-refractivity contribution in [3.63, 3.8) is 0 Å². The van der Waals surface area contributed by atoms with Gasteiger partial charge in [0.25, 0.3) is 0 Å². The summed E-state index contributed by atoms with van der Waals surface area (Å²) in [4.78, 5) is 59.0. The number of nitrogens with two attached hydrogens (primary N) is 1. The Labute approximate surface area is 637 Å². The molecular formula is C76H74BBr2Cl4F6N11O2P. The van der Waals surface area contributed by atoms with Crippen LogP contribution in [-0.4, -0.2) is 98.9 Å². The van der Waals surface area contributed by atoms with Crippen LogP contribution in [0.3, 0.4) is 0 Å². The van der Waals surface area contributed by atoms with Crippen LogP contribution in [0.15, 0.2) is 227 Å². The monoisotopic (exact) mass is 1630 g/mol. The molecule has 0 atom stereocenters. The third-order valence-electron chi connectivity index (χ3n) is 13.3. The van der Waals surface area contributed by atoms with Crippen molar-refractivity contribution in [1.82, 2.24) is 39.8 Å². The second kappa shape index (κ2) is 39.6. The maximum atomic E-state index is 12.0. The number of hydrogen-bond acceptors (Lipinski definition) is 10. The van der Waals surface area contributed by atoms with Crippen molar-refractivity contribution >= 4 is 118 Å². The van der Waals surface area contributed by atoms with Gasteiger partial charge < -0.3 is 10.6 Å².